The standard InChI is InChI=1S/C15H25N3O2/c1-11-8-13(16-4)12(9-17-11)14(19)18-10-15(2,3)6-7-20-5/h8-9H,6-7,10H2,1-5H3,(H,16,17)(H,18,19). The maximum absolute atomic E-state index is 12.2. The maximum Gasteiger partial charge on any atom is 0.254 e. The lowest BCUT2D eigenvalue weighted by Crippen LogP contribution is -2.35. The van der Waals surface area contributed by atoms with Crippen molar-refractivity contribution in [3.63, 3.8) is 0 Å². The van der Waals surface area contributed by atoms with Crippen molar-refractivity contribution in [2.24, 2.45) is 5.41 Å². The molecule has 0 spiro atoms. The lowest BCUT2D eigenvalue weighted by molar-refractivity contribution is 0.0921. The molecule has 0 radical (unpaired) electrons. The van der Waals surface area contributed by atoms with E-state index in [-0.39, 0.29) is 11.3 Å². The lowest BCUT2D eigenvalue weighted by atomic mass is 9.89. The SMILES string of the molecule is CNc1cc(C)ncc1C(=O)NCC(C)(C)CCOC. The normalized spacial score (nSPS) is 11.2. The Kier molecular flexibility index (Phi) is 5.95. The average molecular weight is 279 g/mol. The molecule has 112 valence electrons. The lowest BCUT2D eigenvalue weighted by Gasteiger charge is -2.24. The van der Waals surface area contributed by atoms with E-state index in [9.17, 15) is 4.79 Å². The highest BCUT2D eigenvalue weighted by Gasteiger charge is 2.20. The average Bonchev–Trinajstić information content (AvgIpc) is 2.42. The molecule has 1 rings (SSSR count). The Morgan fingerprint density at radius 2 is 2.15 bits per heavy atom. The second-order valence-electron chi connectivity index (χ2n) is 5.71. The van der Waals surface area contributed by atoms with Crippen LogP contribution in [0.1, 0.15) is 36.3 Å². The minimum Gasteiger partial charge on any atom is -0.387 e. The molecule has 0 aliphatic rings. The zero-order chi connectivity index (χ0) is 15.2. The van der Waals surface area contributed by atoms with Gasteiger partial charge in [0, 0.05) is 39.2 Å². The summed E-state index contributed by atoms with van der Waals surface area (Å²) in [5.41, 5.74) is 2.25. The summed E-state index contributed by atoms with van der Waals surface area (Å²) in [4.78, 5) is 16.4. The van der Waals surface area contributed by atoms with Crippen LogP contribution < -0.4 is 10.6 Å². The van der Waals surface area contributed by atoms with Crippen LogP contribution in [0.5, 0.6) is 0 Å². The molecule has 0 aliphatic carbocycles. The minimum absolute atomic E-state index is 0.00357. The molecule has 20 heavy (non-hydrogen) atoms. The van der Waals surface area contributed by atoms with E-state index in [1.165, 1.54) is 0 Å². The Morgan fingerprint density at radius 1 is 1.45 bits per heavy atom. The number of aryl methyl sites for hydroxylation is 1. The summed E-state index contributed by atoms with van der Waals surface area (Å²) in [7, 11) is 3.49. The first-order valence-corrected chi connectivity index (χ1v) is 6.81. The predicted octanol–water partition coefficient (Wildman–Crippen LogP) is 2.22. The van der Waals surface area contributed by atoms with Crippen molar-refractivity contribution in [2.75, 3.05) is 32.6 Å². The van der Waals surface area contributed by atoms with Gasteiger partial charge in [0.25, 0.3) is 5.91 Å². The number of pyridine rings is 1. The number of aromatic nitrogens is 1. The van der Waals surface area contributed by atoms with Crippen LogP contribution in [0.4, 0.5) is 5.69 Å². The largest absolute Gasteiger partial charge is 0.387 e. The van der Waals surface area contributed by atoms with Crippen molar-refractivity contribution in [3.8, 4) is 0 Å². The van der Waals surface area contributed by atoms with E-state index in [1.807, 2.05) is 13.0 Å². The fourth-order valence-electron chi connectivity index (χ4n) is 1.83. The number of amides is 1. The number of carbonyl (C=O) groups is 1. The van der Waals surface area contributed by atoms with E-state index >= 15 is 0 Å². The molecule has 5 nitrogen and oxygen atoms in total. The Morgan fingerprint density at radius 3 is 2.75 bits per heavy atom. The monoisotopic (exact) mass is 279 g/mol. The Balaban J connectivity index is 2.67. The number of rotatable bonds is 7. The number of ether oxygens (including phenoxy) is 1. The van der Waals surface area contributed by atoms with Gasteiger partial charge in [-0.25, -0.2) is 0 Å². The third-order valence-electron chi connectivity index (χ3n) is 3.27. The van der Waals surface area contributed by atoms with Gasteiger partial charge in [0.2, 0.25) is 0 Å². The third kappa shape index (κ3) is 4.81. The summed E-state index contributed by atoms with van der Waals surface area (Å²) in [5, 5.41) is 6.00. The molecule has 0 fully saturated rings. The van der Waals surface area contributed by atoms with Gasteiger partial charge in [-0.05, 0) is 24.8 Å². The number of hydrogen-bond donors (Lipinski definition) is 2. The van der Waals surface area contributed by atoms with E-state index in [4.69, 9.17) is 4.74 Å². The third-order valence-corrected chi connectivity index (χ3v) is 3.27. The Bertz CT molecular complexity index is 458. The number of carbonyl (C=O) groups excluding carboxylic acids is 1. The van der Waals surface area contributed by atoms with E-state index in [2.05, 4.69) is 29.5 Å². The van der Waals surface area contributed by atoms with Gasteiger partial charge >= 0.3 is 0 Å². The highest BCUT2D eigenvalue weighted by molar-refractivity contribution is 5.99. The number of methoxy groups -OCH3 is 1. The minimum atomic E-state index is -0.104. The summed E-state index contributed by atoms with van der Waals surface area (Å²) in [6, 6.07) is 1.87. The van der Waals surface area contributed by atoms with Gasteiger partial charge in [-0.15, -0.1) is 0 Å². The number of hydrogen-bond acceptors (Lipinski definition) is 4. The molecule has 0 saturated carbocycles. The van der Waals surface area contributed by atoms with Gasteiger partial charge in [0.1, 0.15) is 0 Å². The molecule has 1 amide bonds. The second-order valence-corrected chi connectivity index (χ2v) is 5.71. The smallest absolute Gasteiger partial charge is 0.254 e. The first-order chi connectivity index (χ1) is 9.39. The zero-order valence-corrected chi connectivity index (χ0v) is 13.0. The fraction of sp³-hybridized carbons (Fsp3) is 0.600. The summed E-state index contributed by atoms with van der Waals surface area (Å²) in [6.07, 6.45) is 2.51. The molecule has 0 bridgehead atoms. The van der Waals surface area contributed by atoms with Crippen LogP contribution in [0, 0.1) is 12.3 Å². The molecule has 1 aromatic rings. The van der Waals surface area contributed by atoms with Crippen LogP contribution >= 0.6 is 0 Å². The van der Waals surface area contributed by atoms with Crippen molar-refractivity contribution in [2.45, 2.75) is 27.2 Å². The van der Waals surface area contributed by atoms with Crippen molar-refractivity contribution < 1.29 is 9.53 Å². The quantitative estimate of drug-likeness (QED) is 0.803. The van der Waals surface area contributed by atoms with E-state index < -0.39 is 0 Å². The molecule has 1 aromatic heterocycles. The molecule has 2 N–H and O–H groups in total. The summed E-state index contributed by atoms with van der Waals surface area (Å²) in [6.45, 7) is 7.41. The van der Waals surface area contributed by atoms with Crippen molar-refractivity contribution in [1.82, 2.24) is 10.3 Å². The molecule has 0 aliphatic heterocycles. The van der Waals surface area contributed by atoms with Crippen LogP contribution in [-0.4, -0.2) is 38.2 Å². The maximum atomic E-state index is 12.2. The Hall–Kier alpha value is -1.62. The fourth-order valence-corrected chi connectivity index (χ4v) is 1.83. The molecular weight excluding hydrogens is 254 g/mol. The van der Waals surface area contributed by atoms with E-state index in [0.29, 0.717) is 18.7 Å². The van der Waals surface area contributed by atoms with Crippen LogP contribution in [0.25, 0.3) is 0 Å². The van der Waals surface area contributed by atoms with Crippen LogP contribution in [0.15, 0.2) is 12.3 Å². The van der Waals surface area contributed by atoms with Crippen LogP contribution in [0.2, 0.25) is 0 Å². The van der Waals surface area contributed by atoms with E-state index in [1.54, 1.807) is 20.4 Å². The topological polar surface area (TPSA) is 63.2 Å². The molecule has 0 aromatic carbocycles. The van der Waals surface area contributed by atoms with E-state index in [0.717, 1.165) is 17.8 Å². The number of nitrogens with zero attached hydrogens (tertiary/aromatic N) is 1. The molecule has 0 unspecified atom stereocenters. The van der Waals surface area contributed by atoms with Gasteiger partial charge in [-0.1, -0.05) is 13.8 Å². The molecule has 0 saturated heterocycles. The molecular formula is C15H25N3O2. The summed E-state index contributed by atoms with van der Waals surface area (Å²) < 4.78 is 5.09. The van der Waals surface area contributed by atoms with Gasteiger partial charge < -0.3 is 15.4 Å². The summed E-state index contributed by atoms with van der Waals surface area (Å²) >= 11 is 0. The Labute approximate surface area is 121 Å². The van der Waals surface area contributed by atoms with Gasteiger partial charge in [0.05, 0.1) is 11.3 Å². The first-order valence-electron chi connectivity index (χ1n) is 6.81. The highest BCUT2D eigenvalue weighted by Crippen LogP contribution is 2.20. The molecule has 5 heteroatoms. The number of nitrogens with one attached hydrogen (secondary N) is 2. The molecule has 1 heterocycles. The van der Waals surface area contributed by atoms with Crippen molar-refractivity contribution in [1.29, 1.82) is 0 Å². The van der Waals surface area contributed by atoms with Crippen molar-refractivity contribution >= 4 is 11.6 Å². The first kappa shape index (κ1) is 16.4. The van der Waals surface area contributed by atoms with Crippen LogP contribution in [0.3, 0.4) is 0 Å². The van der Waals surface area contributed by atoms with Gasteiger partial charge in [-0.3, -0.25) is 9.78 Å². The van der Waals surface area contributed by atoms with Gasteiger partial charge in [0.15, 0.2) is 0 Å². The second kappa shape index (κ2) is 7.24. The zero-order valence-electron chi connectivity index (χ0n) is 13.0. The summed E-state index contributed by atoms with van der Waals surface area (Å²) in [5.74, 6) is -0.104. The van der Waals surface area contributed by atoms with Crippen LogP contribution in [-0.2, 0) is 4.74 Å². The highest BCUT2D eigenvalue weighted by atomic mass is 16.5. The number of anilines is 1. The van der Waals surface area contributed by atoms with Crippen molar-refractivity contribution in [3.05, 3.63) is 23.5 Å². The van der Waals surface area contributed by atoms with Gasteiger partial charge in [-0.2, -0.15) is 0 Å². The molecule has 0 atom stereocenters. The predicted molar refractivity (Wildman–Crippen MR) is 81.1 cm³/mol.